The van der Waals surface area contributed by atoms with Gasteiger partial charge in [-0.1, -0.05) is 82.3 Å². The van der Waals surface area contributed by atoms with Crippen LogP contribution in [0.15, 0.2) is 48.0 Å². The lowest BCUT2D eigenvalue weighted by Gasteiger charge is -2.37. The molecular weight excluding hydrogens is 752 g/mol. The molecule has 16 heteroatoms. The van der Waals surface area contributed by atoms with E-state index in [2.05, 4.69) is 36.4 Å². The summed E-state index contributed by atoms with van der Waals surface area (Å²) < 4.78 is 0. The maximum Gasteiger partial charge on any atom is 0.289 e. The van der Waals surface area contributed by atoms with Gasteiger partial charge in [-0.3, -0.25) is 33.8 Å². The van der Waals surface area contributed by atoms with Gasteiger partial charge in [0.25, 0.3) is 11.8 Å². The lowest BCUT2D eigenvalue weighted by atomic mass is 9.82. The standard InChI is InChI=1S/C41H53ClN8O7/c1-5-10-28(33(51)38(55)45-27-15-16-27)46-36(53)31-21-41(20-29(49-57-41)25-13-9-14-26(42)19-25)23-50(31)39(56)34(40(2,3)4)48-37(54)32(24-11-7-6-8-12-24)47-35(52)30-22-43-17-18-44-30/h9,13-14,17-19,22,24,27-28,31-32,34H,5-8,10-12,15-16,20-21,23H2,1-4H3,(H,45,55)(H,46,53)(H,47,52)(H,48,54)/t28-,31-,32-,34+,41+/m0/s1. The first-order chi connectivity index (χ1) is 27.2. The Morgan fingerprint density at radius 3 is 2.40 bits per heavy atom. The van der Waals surface area contributed by atoms with E-state index in [1.807, 2.05) is 33.8 Å². The van der Waals surface area contributed by atoms with Crippen molar-refractivity contribution >= 4 is 52.6 Å². The van der Waals surface area contributed by atoms with Gasteiger partial charge in [0.05, 0.1) is 24.5 Å². The van der Waals surface area contributed by atoms with Crippen molar-refractivity contribution < 1.29 is 33.6 Å². The van der Waals surface area contributed by atoms with E-state index in [1.54, 1.807) is 18.2 Å². The van der Waals surface area contributed by atoms with Crippen LogP contribution >= 0.6 is 11.6 Å². The molecule has 1 aromatic heterocycles. The van der Waals surface area contributed by atoms with E-state index in [0.717, 1.165) is 37.7 Å². The number of carbonyl (C=O) groups excluding carboxylic acids is 6. The van der Waals surface area contributed by atoms with E-state index in [9.17, 15) is 28.8 Å². The highest BCUT2D eigenvalue weighted by atomic mass is 35.5. The fourth-order valence-electron chi connectivity index (χ4n) is 7.96. The Morgan fingerprint density at radius 1 is 1.00 bits per heavy atom. The minimum Gasteiger partial charge on any atom is -0.387 e. The summed E-state index contributed by atoms with van der Waals surface area (Å²) in [6, 6.07) is 2.74. The van der Waals surface area contributed by atoms with Gasteiger partial charge in [0.2, 0.25) is 23.5 Å². The fourth-order valence-corrected chi connectivity index (χ4v) is 8.15. The van der Waals surface area contributed by atoms with Crippen molar-refractivity contribution in [1.82, 2.24) is 36.1 Å². The average molecular weight is 805 g/mol. The van der Waals surface area contributed by atoms with Crippen LogP contribution in [0.5, 0.6) is 0 Å². The van der Waals surface area contributed by atoms with E-state index in [4.69, 9.17) is 16.4 Å². The molecule has 4 aliphatic rings. The highest BCUT2D eigenvalue weighted by Crippen LogP contribution is 2.40. The number of halogens is 1. The number of amides is 5. The Hall–Kier alpha value is -4.92. The fraction of sp³-hybridized carbons (Fsp3) is 0.585. The second kappa shape index (κ2) is 17.7. The maximum absolute atomic E-state index is 15.0. The number of hydrogen-bond acceptors (Lipinski definition) is 10. The number of nitrogens with one attached hydrogen (secondary N) is 4. The Balaban J connectivity index is 1.27. The largest absolute Gasteiger partial charge is 0.387 e. The number of rotatable bonds is 14. The van der Waals surface area contributed by atoms with Crippen molar-refractivity contribution in [1.29, 1.82) is 0 Å². The van der Waals surface area contributed by atoms with Gasteiger partial charge in [0.1, 0.15) is 23.8 Å². The summed E-state index contributed by atoms with van der Waals surface area (Å²) >= 11 is 6.29. The highest BCUT2D eigenvalue weighted by molar-refractivity contribution is 6.38. The Labute approximate surface area is 337 Å². The predicted octanol–water partition coefficient (Wildman–Crippen LogP) is 3.64. The molecule has 3 heterocycles. The number of nitrogens with zero attached hydrogens (tertiary/aromatic N) is 4. The second-order valence-electron chi connectivity index (χ2n) is 16.9. The van der Waals surface area contributed by atoms with Gasteiger partial charge in [-0.05, 0) is 55.6 Å². The molecule has 0 radical (unpaired) electrons. The minimum absolute atomic E-state index is 0.0309. The van der Waals surface area contributed by atoms with E-state index in [-0.39, 0.29) is 43.5 Å². The molecule has 0 bridgehead atoms. The van der Waals surface area contributed by atoms with Crippen molar-refractivity contribution in [2.45, 2.75) is 134 Å². The van der Waals surface area contributed by atoms with Gasteiger partial charge in [0, 0.05) is 41.9 Å². The van der Waals surface area contributed by atoms with Gasteiger partial charge >= 0.3 is 0 Å². The van der Waals surface area contributed by atoms with Crippen LogP contribution in [0.4, 0.5) is 0 Å². The van der Waals surface area contributed by atoms with Crippen LogP contribution in [0, 0.1) is 11.3 Å². The third kappa shape index (κ3) is 10.2. The Kier molecular flexibility index (Phi) is 12.9. The number of oxime groups is 1. The average Bonchev–Trinajstić information content (AvgIpc) is 3.79. The summed E-state index contributed by atoms with van der Waals surface area (Å²) in [5.74, 6) is -3.92. The van der Waals surface area contributed by atoms with Crippen LogP contribution in [0.1, 0.15) is 114 Å². The molecule has 15 nitrogen and oxygen atoms in total. The van der Waals surface area contributed by atoms with Crippen molar-refractivity contribution in [3.05, 3.63) is 59.1 Å². The number of Topliss-reactive ketones (excluding diaryl/α,β-unsaturated/α-hetero) is 1. The molecular formula is C41H53ClN8O7. The molecule has 57 heavy (non-hydrogen) atoms. The van der Waals surface area contributed by atoms with Crippen LogP contribution in [0.25, 0.3) is 0 Å². The van der Waals surface area contributed by atoms with E-state index in [0.29, 0.717) is 30.0 Å². The van der Waals surface area contributed by atoms with Crippen LogP contribution in [-0.2, 0) is 28.8 Å². The van der Waals surface area contributed by atoms with E-state index >= 15 is 0 Å². The van der Waals surface area contributed by atoms with Crippen molar-refractivity contribution in [2.75, 3.05) is 6.54 Å². The number of carbonyl (C=O) groups is 6. The van der Waals surface area contributed by atoms with Crippen molar-refractivity contribution in [3.8, 4) is 0 Å². The number of benzene rings is 1. The zero-order valence-electron chi connectivity index (χ0n) is 33.0. The summed E-state index contributed by atoms with van der Waals surface area (Å²) in [5.41, 5.74) is -0.582. The molecule has 6 rings (SSSR count). The topological polar surface area (TPSA) is 201 Å². The van der Waals surface area contributed by atoms with Crippen LogP contribution in [0.2, 0.25) is 5.02 Å². The molecule has 1 spiro atoms. The molecule has 5 amide bonds. The monoisotopic (exact) mass is 804 g/mol. The Bertz CT molecular complexity index is 1880. The third-order valence-electron chi connectivity index (χ3n) is 11.2. The number of aromatic nitrogens is 2. The molecule has 1 aromatic carbocycles. The molecule has 4 N–H and O–H groups in total. The van der Waals surface area contributed by atoms with Gasteiger partial charge in [0.15, 0.2) is 5.60 Å². The number of likely N-dealkylation sites (tertiary alicyclic amines) is 1. The van der Waals surface area contributed by atoms with Crippen molar-refractivity contribution in [3.63, 3.8) is 0 Å². The molecule has 2 saturated carbocycles. The van der Waals surface area contributed by atoms with E-state index < -0.39 is 70.5 Å². The number of hydrogen-bond donors (Lipinski definition) is 4. The van der Waals surface area contributed by atoms with Gasteiger partial charge in [-0.2, -0.15) is 0 Å². The first kappa shape index (κ1) is 41.7. The van der Waals surface area contributed by atoms with E-state index in [1.165, 1.54) is 23.5 Å². The van der Waals surface area contributed by atoms with Crippen LogP contribution < -0.4 is 21.3 Å². The lowest BCUT2D eigenvalue weighted by molar-refractivity contribution is -0.145. The van der Waals surface area contributed by atoms with Gasteiger partial charge in [-0.15, -0.1) is 0 Å². The summed E-state index contributed by atoms with van der Waals surface area (Å²) in [6.07, 6.45) is 11.0. The predicted molar refractivity (Wildman–Crippen MR) is 211 cm³/mol. The zero-order chi connectivity index (χ0) is 40.9. The van der Waals surface area contributed by atoms with Crippen molar-refractivity contribution in [2.24, 2.45) is 16.5 Å². The normalized spacial score (nSPS) is 22.4. The first-order valence-corrected chi connectivity index (χ1v) is 20.4. The first-order valence-electron chi connectivity index (χ1n) is 20.0. The summed E-state index contributed by atoms with van der Waals surface area (Å²) in [4.78, 5) is 98.8. The second-order valence-corrected chi connectivity index (χ2v) is 17.3. The number of ketones is 1. The summed E-state index contributed by atoms with van der Waals surface area (Å²) in [7, 11) is 0. The SMILES string of the molecule is CCC[C@H](NC(=O)[C@@H]1C[C@]2(CC(c3cccc(Cl)c3)=NO2)CN1C(=O)[C@@H](NC(=O)[C@@H](NC(=O)c1cnccn1)C1CCCCC1)C(C)(C)C)C(=O)C(=O)NC1CC1. The summed E-state index contributed by atoms with van der Waals surface area (Å²) in [5, 5.41) is 16.2. The molecule has 306 valence electrons. The van der Waals surface area contributed by atoms with Crippen LogP contribution in [-0.4, -0.2) is 98.3 Å². The molecule has 2 aliphatic heterocycles. The van der Waals surface area contributed by atoms with Gasteiger partial charge in [-0.25, -0.2) is 4.98 Å². The maximum atomic E-state index is 15.0. The minimum atomic E-state index is -1.15. The lowest BCUT2D eigenvalue weighted by Crippen LogP contribution is -2.62. The molecule has 2 aromatic rings. The molecule has 1 saturated heterocycles. The highest BCUT2D eigenvalue weighted by Gasteiger charge is 2.56. The smallest absolute Gasteiger partial charge is 0.289 e. The van der Waals surface area contributed by atoms with Gasteiger partial charge < -0.3 is 31.0 Å². The quantitative estimate of drug-likeness (QED) is 0.206. The molecule has 0 unspecified atom stereocenters. The Morgan fingerprint density at radius 2 is 1.75 bits per heavy atom. The molecule has 5 atom stereocenters. The molecule has 2 aliphatic carbocycles. The van der Waals surface area contributed by atoms with Crippen LogP contribution in [0.3, 0.4) is 0 Å². The third-order valence-corrected chi connectivity index (χ3v) is 11.5. The molecule has 3 fully saturated rings. The summed E-state index contributed by atoms with van der Waals surface area (Å²) in [6.45, 7) is 7.23. The zero-order valence-corrected chi connectivity index (χ0v) is 33.8.